The second kappa shape index (κ2) is 5.33. The Labute approximate surface area is 116 Å². The first-order chi connectivity index (χ1) is 9.74. The van der Waals surface area contributed by atoms with Crippen LogP contribution < -0.4 is 10.1 Å². The van der Waals surface area contributed by atoms with Gasteiger partial charge in [-0.25, -0.2) is 4.39 Å². The molecule has 0 aromatic heterocycles. The molecule has 0 saturated heterocycles. The van der Waals surface area contributed by atoms with Crippen molar-refractivity contribution in [2.45, 2.75) is 18.9 Å². The van der Waals surface area contributed by atoms with E-state index in [1.807, 2.05) is 24.3 Å². The molecule has 0 aliphatic carbocycles. The van der Waals surface area contributed by atoms with Crippen molar-refractivity contribution in [1.82, 2.24) is 0 Å². The number of para-hydroxylation sites is 2. The number of carbonyl (C=O) groups excluding carboxylic acids is 1. The quantitative estimate of drug-likeness (QED) is 0.911. The second-order valence-corrected chi connectivity index (χ2v) is 4.72. The summed E-state index contributed by atoms with van der Waals surface area (Å²) in [5, 5.41) is 2.57. The zero-order chi connectivity index (χ0) is 13.9. The van der Waals surface area contributed by atoms with Gasteiger partial charge < -0.3 is 10.1 Å². The third-order valence-electron chi connectivity index (χ3n) is 3.34. The van der Waals surface area contributed by atoms with Gasteiger partial charge in [0, 0.05) is 0 Å². The Morgan fingerprint density at radius 3 is 2.75 bits per heavy atom. The molecule has 3 nitrogen and oxygen atoms in total. The van der Waals surface area contributed by atoms with Gasteiger partial charge in [-0.3, -0.25) is 4.79 Å². The highest BCUT2D eigenvalue weighted by Crippen LogP contribution is 2.27. The molecule has 1 N–H and O–H groups in total. The van der Waals surface area contributed by atoms with Crippen molar-refractivity contribution >= 4 is 11.6 Å². The van der Waals surface area contributed by atoms with E-state index in [-0.39, 0.29) is 11.6 Å². The molecule has 1 aliphatic rings. The first-order valence-corrected chi connectivity index (χ1v) is 6.54. The Bertz CT molecular complexity index is 642. The molecule has 1 heterocycles. The summed E-state index contributed by atoms with van der Waals surface area (Å²) in [5.74, 6) is -0.0332. The number of ether oxygens (including phenoxy) is 1. The molecule has 2 aromatic carbocycles. The Balaban J connectivity index is 1.72. The first kappa shape index (κ1) is 12.7. The monoisotopic (exact) mass is 271 g/mol. The van der Waals surface area contributed by atoms with Crippen LogP contribution in [0.3, 0.4) is 0 Å². The number of hydrogen-bond donors (Lipinski definition) is 1. The van der Waals surface area contributed by atoms with E-state index in [0.717, 1.165) is 17.7 Å². The highest BCUT2D eigenvalue weighted by Gasteiger charge is 2.26. The number of benzene rings is 2. The van der Waals surface area contributed by atoms with Gasteiger partial charge in [0.1, 0.15) is 11.6 Å². The van der Waals surface area contributed by atoms with E-state index < -0.39 is 11.9 Å². The minimum Gasteiger partial charge on any atom is -0.480 e. The lowest BCUT2D eigenvalue weighted by Gasteiger charge is -2.25. The minimum absolute atomic E-state index is 0.181. The molecule has 0 bridgehead atoms. The maximum absolute atomic E-state index is 13.5. The summed E-state index contributed by atoms with van der Waals surface area (Å²) in [7, 11) is 0. The van der Waals surface area contributed by atoms with Gasteiger partial charge in [-0.1, -0.05) is 30.3 Å². The van der Waals surface area contributed by atoms with Crippen molar-refractivity contribution in [2.24, 2.45) is 0 Å². The minimum atomic E-state index is -0.579. The summed E-state index contributed by atoms with van der Waals surface area (Å²) in [6, 6.07) is 13.8. The summed E-state index contributed by atoms with van der Waals surface area (Å²) < 4.78 is 19.2. The van der Waals surface area contributed by atoms with Crippen LogP contribution in [-0.2, 0) is 11.2 Å². The molecule has 4 heteroatoms. The van der Waals surface area contributed by atoms with E-state index in [1.165, 1.54) is 12.1 Å². The topological polar surface area (TPSA) is 38.3 Å². The number of nitrogens with one attached hydrogen (secondary N) is 1. The molecule has 1 atom stereocenters. The van der Waals surface area contributed by atoms with Gasteiger partial charge in [0.05, 0.1) is 5.69 Å². The van der Waals surface area contributed by atoms with Crippen LogP contribution >= 0.6 is 0 Å². The van der Waals surface area contributed by atoms with Gasteiger partial charge in [0.25, 0.3) is 5.91 Å². The van der Waals surface area contributed by atoms with Crippen LogP contribution in [0, 0.1) is 5.82 Å². The standard InChI is InChI=1S/C16H14FNO2/c17-12-6-2-3-7-13(12)18-16(19)15-10-9-11-5-1-4-8-14(11)20-15/h1-8,15H,9-10H2,(H,18,19). The fourth-order valence-electron chi connectivity index (χ4n) is 2.28. The molecule has 1 amide bonds. The predicted molar refractivity (Wildman–Crippen MR) is 74.2 cm³/mol. The van der Waals surface area contributed by atoms with Gasteiger partial charge in [0.15, 0.2) is 6.10 Å². The van der Waals surface area contributed by atoms with Crippen molar-refractivity contribution < 1.29 is 13.9 Å². The number of halogens is 1. The van der Waals surface area contributed by atoms with Gasteiger partial charge in [-0.15, -0.1) is 0 Å². The third kappa shape index (κ3) is 2.50. The fraction of sp³-hybridized carbons (Fsp3) is 0.188. The average molecular weight is 271 g/mol. The predicted octanol–water partition coefficient (Wildman–Crippen LogP) is 3.16. The second-order valence-electron chi connectivity index (χ2n) is 4.72. The van der Waals surface area contributed by atoms with Crippen molar-refractivity contribution in [2.75, 3.05) is 5.32 Å². The van der Waals surface area contributed by atoms with E-state index in [4.69, 9.17) is 4.74 Å². The van der Waals surface area contributed by atoms with Crippen LogP contribution in [0.4, 0.5) is 10.1 Å². The number of carbonyl (C=O) groups is 1. The number of amides is 1. The molecule has 102 valence electrons. The van der Waals surface area contributed by atoms with Gasteiger partial charge >= 0.3 is 0 Å². The van der Waals surface area contributed by atoms with Gasteiger partial charge in [0.2, 0.25) is 0 Å². The molecule has 20 heavy (non-hydrogen) atoms. The first-order valence-electron chi connectivity index (χ1n) is 6.54. The Kier molecular flexibility index (Phi) is 3.37. The van der Waals surface area contributed by atoms with Gasteiger partial charge in [-0.2, -0.15) is 0 Å². The molecule has 0 spiro atoms. The normalized spacial score (nSPS) is 16.9. The van der Waals surface area contributed by atoms with E-state index in [0.29, 0.717) is 6.42 Å². The van der Waals surface area contributed by atoms with Crippen molar-refractivity contribution in [3.63, 3.8) is 0 Å². The molecule has 0 radical (unpaired) electrons. The van der Waals surface area contributed by atoms with E-state index in [1.54, 1.807) is 12.1 Å². The van der Waals surface area contributed by atoms with Crippen LogP contribution in [0.25, 0.3) is 0 Å². The number of rotatable bonds is 2. The van der Waals surface area contributed by atoms with Crippen LogP contribution in [0.5, 0.6) is 5.75 Å². The zero-order valence-corrected chi connectivity index (χ0v) is 10.8. The van der Waals surface area contributed by atoms with E-state index in [9.17, 15) is 9.18 Å². The molecule has 3 rings (SSSR count). The number of anilines is 1. The maximum atomic E-state index is 13.5. The third-order valence-corrected chi connectivity index (χ3v) is 3.34. The van der Waals surface area contributed by atoms with Crippen molar-refractivity contribution in [3.05, 3.63) is 59.9 Å². The lowest BCUT2D eigenvalue weighted by atomic mass is 10.0. The van der Waals surface area contributed by atoms with Crippen molar-refractivity contribution in [3.8, 4) is 5.75 Å². The molecule has 2 aromatic rings. The van der Waals surface area contributed by atoms with Crippen molar-refractivity contribution in [1.29, 1.82) is 0 Å². The highest BCUT2D eigenvalue weighted by molar-refractivity contribution is 5.94. The summed E-state index contributed by atoms with van der Waals surface area (Å²) in [4.78, 5) is 12.1. The Morgan fingerprint density at radius 2 is 1.90 bits per heavy atom. The molecule has 0 saturated carbocycles. The van der Waals surface area contributed by atoms with Gasteiger partial charge in [-0.05, 0) is 36.6 Å². The lowest BCUT2D eigenvalue weighted by Crippen LogP contribution is -2.36. The number of aryl methyl sites for hydroxylation is 1. The Hall–Kier alpha value is -2.36. The molecular formula is C16H14FNO2. The summed E-state index contributed by atoms with van der Waals surface area (Å²) >= 11 is 0. The summed E-state index contributed by atoms with van der Waals surface area (Å²) in [5.41, 5.74) is 1.28. The zero-order valence-electron chi connectivity index (χ0n) is 10.8. The van der Waals surface area contributed by atoms with Crippen LogP contribution in [-0.4, -0.2) is 12.0 Å². The van der Waals surface area contributed by atoms with Crippen LogP contribution in [0.1, 0.15) is 12.0 Å². The number of hydrogen-bond acceptors (Lipinski definition) is 2. The lowest BCUT2D eigenvalue weighted by molar-refractivity contribution is -0.123. The summed E-state index contributed by atoms with van der Waals surface area (Å²) in [6.07, 6.45) is 0.799. The smallest absolute Gasteiger partial charge is 0.265 e. The number of fused-ring (bicyclic) bond motifs is 1. The summed E-state index contributed by atoms with van der Waals surface area (Å²) in [6.45, 7) is 0. The van der Waals surface area contributed by atoms with E-state index in [2.05, 4.69) is 5.32 Å². The van der Waals surface area contributed by atoms with Crippen LogP contribution in [0.2, 0.25) is 0 Å². The molecule has 0 fully saturated rings. The largest absolute Gasteiger partial charge is 0.480 e. The maximum Gasteiger partial charge on any atom is 0.265 e. The average Bonchev–Trinajstić information content (AvgIpc) is 2.49. The SMILES string of the molecule is O=C(Nc1ccccc1F)C1CCc2ccccc2O1. The highest BCUT2D eigenvalue weighted by atomic mass is 19.1. The fourth-order valence-corrected chi connectivity index (χ4v) is 2.28. The Morgan fingerprint density at radius 1 is 1.15 bits per heavy atom. The molecular weight excluding hydrogens is 257 g/mol. The van der Waals surface area contributed by atoms with E-state index >= 15 is 0 Å². The molecule has 1 aliphatic heterocycles. The van der Waals surface area contributed by atoms with Crippen LogP contribution in [0.15, 0.2) is 48.5 Å². The molecule has 1 unspecified atom stereocenters.